The van der Waals surface area contributed by atoms with Crippen molar-refractivity contribution in [2.24, 2.45) is 15.9 Å². The van der Waals surface area contributed by atoms with E-state index in [-0.39, 0.29) is 5.71 Å². The number of fused-ring (bicyclic) bond motifs is 1. The molecule has 0 spiro atoms. The number of aliphatic carboxylic acids is 1. The molecule has 2 rings (SSSR count). The van der Waals surface area contributed by atoms with Gasteiger partial charge in [0.25, 0.3) is 0 Å². The van der Waals surface area contributed by atoms with Gasteiger partial charge in [-0.1, -0.05) is 6.07 Å². The predicted octanol–water partition coefficient (Wildman–Crippen LogP) is 0.452. The highest BCUT2D eigenvalue weighted by atomic mass is 16.4. The molecule has 1 aromatic heterocycles. The van der Waals surface area contributed by atoms with E-state index in [1.54, 1.807) is 0 Å². The molecule has 0 bridgehead atoms. The van der Waals surface area contributed by atoms with Crippen molar-refractivity contribution in [2.75, 3.05) is 18.4 Å². The Balaban J connectivity index is 1.91. The molecule has 0 amide bonds. The van der Waals surface area contributed by atoms with Crippen molar-refractivity contribution in [1.29, 1.82) is 0 Å². The van der Waals surface area contributed by atoms with E-state index < -0.39 is 5.97 Å². The molecule has 20 heavy (non-hydrogen) atoms. The van der Waals surface area contributed by atoms with Gasteiger partial charge in [-0.25, -0.2) is 9.78 Å². The number of carbonyl (C=O) groups is 1. The Kier molecular flexibility index (Phi) is 4.65. The number of hydrazone groups is 1. The first kappa shape index (κ1) is 14.0. The number of aliphatic imine (C=N–C) groups is 1. The molecule has 0 saturated carbocycles. The van der Waals surface area contributed by atoms with Crippen LogP contribution in [-0.4, -0.2) is 41.1 Å². The molecular formula is C13H17N5O2. The minimum Gasteiger partial charge on any atom is -0.476 e. The van der Waals surface area contributed by atoms with Crippen LogP contribution in [0.3, 0.4) is 0 Å². The average Bonchev–Trinajstić information content (AvgIpc) is 2.46. The fourth-order valence-electron chi connectivity index (χ4n) is 1.98. The van der Waals surface area contributed by atoms with Crippen LogP contribution in [0.15, 0.2) is 22.2 Å². The van der Waals surface area contributed by atoms with Crippen LogP contribution in [0.2, 0.25) is 0 Å². The maximum absolute atomic E-state index is 10.6. The summed E-state index contributed by atoms with van der Waals surface area (Å²) in [5, 5.41) is 15.1. The van der Waals surface area contributed by atoms with Crippen molar-refractivity contribution in [3.05, 3.63) is 23.4 Å². The Morgan fingerprint density at radius 3 is 3.15 bits per heavy atom. The van der Waals surface area contributed by atoms with Crippen LogP contribution in [0, 0.1) is 0 Å². The SMILES string of the molecule is NN=C(C=NCCc1ccc2c(n1)NCCC2)C(=O)O. The molecule has 7 nitrogen and oxygen atoms in total. The summed E-state index contributed by atoms with van der Waals surface area (Å²) in [6, 6.07) is 4.06. The van der Waals surface area contributed by atoms with Crippen LogP contribution in [-0.2, 0) is 17.6 Å². The minimum atomic E-state index is -1.19. The molecular weight excluding hydrogens is 258 g/mol. The quantitative estimate of drug-likeness (QED) is 0.410. The van der Waals surface area contributed by atoms with Gasteiger partial charge in [0.05, 0.1) is 6.21 Å². The van der Waals surface area contributed by atoms with E-state index in [2.05, 4.69) is 26.5 Å². The van der Waals surface area contributed by atoms with Crippen LogP contribution < -0.4 is 11.2 Å². The lowest BCUT2D eigenvalue weighted by molar-refractivity contribution is -0.129. The number of nitrogens with two attached hydrogens (primary N) is 1. The van der Waals surface area contributed by atoms with Crippen LogP contribution >= 0.6 is 0 Å². The van der Waals surface area contributed by atoms with Crippen LogP contribution in [0.25, 0.3) is 0 Å². The third-order valence-corrected chi connectivity index (χ3v) is 3.02. The first-order chi connectivity index (χ1) is 9.70. The number of nitrogens with one attached hydrogen (secondary N) is 1. The van der Waals surface area contributed by atoms with Gasteiger partial charge in [0.15, 0.2) is 5.71 Å². The van der Waals surface area contributed by atoms with Crippen molar-refractivity contribution in [1.82, 2.24) is 4.98 Å². The van der Waals surface area contributed by atoms with Crippen LogP contribution in [0.1, 0.15) is 17.7 Å². The lowest BCUT2D eigenvalue weighted by atomic mass is 10.1. The van der Waals surface area contributed by atoms with E-state index in [1.807, 2.05) is 6.07 Å². The second-order valence-corrected chi connectivity index (χ2v) is 4.45. The van der Waals surface area contributed by atoms with Crippen LogP contribution in [0.5, 0.6) is 0 Å². The lowest BCUT2D eigenvalue weighted by Gasteiger charge is -2.17. The van der Waals surface area contributed by atoms with Gasteiger partial charge in [-0.05, 0) is 24.5 Å². The summed E-state index contributed by atoms with van der Waals surface area (Å²) in [7, 11) is 0. The van der Waals surface area contributed by atoms with Gasteiger partial charge in [0.1, 0.15) is 5.82 Å². The molecule has 0 atom stereocenters. The predicted molar refractivity (Wildman–Crippen MR) is 77.4 cm³/mol. The summed E-state index contributed by atoms with van der Waals surface area (Å²) in [5.74, 6) is 4.70. The Morgan fingerprint density at radius 1 is 1.55 bits per heavy atom. The smallest absolute Gasteiger partial charge is 0.357 e. The number of rotatable bonds is 5. The van der Waals surface area contributed by atoms with E-state index in [0.29, 0.717) is 13.0 Å². The molecule has 2 heterocycles. The molecule has 0 aromatic carbocycles. The number of hydrogen-bond acceptors (Lipinski definition) is 6. The molecule has 1 aliphatic heterocycles. The fraction of sp³-hybridized carbons (Fsp3) is 0.385. The lowest BCUT2D eigenvalue weighted by Crippen LogP contribution is -2.16. The average molecular weight is 275 g/mol. The van der Waals surface area contributed by atoms with E-state index in [9.17, 15) is 4.79 Å². The summed E-state index contributed by atoms with van der Waals surface area (Å²) >= 11 is 0. The maximum Gasteiger partial charge on any atom is 0.357 e. The first-order valence-corrected chi connectivity index (χ1v) is 6.44. The summed E-state index contributed by atoms with van der Waals surface area (Å²) in [6.45, 7) is 1.40. The second-order valence-electron chi connectivity index (χ2n) is 4.45. The van der Waals surface area contributed by atoms with E-state index in [0.717, 1.165) is 30.9 Å². The molecule has 0 unspecified atom stereocenters. The van der Waals surface area contributed by atoms with E-state index in [4.69, 9.17) is 10.9 Å². The van der Waals surface area contributed by atoms with Gasteiger partial charge >= 0.3 is 5.97 Å². The zero-order valence-corrected chi connectivity index (χ0v) is 11.0. The third kappa shape index (κ3) is 3.53. The topological polar surface area (TPSA) is 113 Å². The van der Waals surface area contributed by atoms with Crippen LogP contribution in [0.4, 0.5) is 5.82 Å². The number of aromatic nitrogens is 1. The number of hydrogen-bond donors (Lipinski definition) is 3. The Labute approximate surface area is 116 Å². The highest BCUT2D eigenvalue weighted by Crippen LogP contribution is 2.19. The first-order valence-electron chi connectivity index (χ1n) is 6.44. The fourth-order valence-corrected chi connectivity index (χ4v) is 1.98. The Hall–Kier alpha value is -2.44. The minimum absolute atomic E-state index is 0.259. The molecule has 0 aliphatic carbocycles. The zero-order valence-electron chi connectivity index (χ0n) is 11.0. The largest absolute Gasteiger partial charge is 0.476 e. The summed E-state index contributed by atoms with van der Waals surface area (Å²) < 4.78 is 0. The third-order valence-electron chi connectivity index (χ3n) is 3.02. The summed E-state index contributed by atoms with van der Waals surface area (Å²) in [4.78, 5) is 19.2. The Bertz CT molecular complexity index is 554. The number of nitrogens with zero attached hydrogens (tertiary/aromatic N) is 3. The van der Waals surface area contributed by atoms with Gasteiger partial charge < -0.3 is 16.3 Å². The number of pyridine rings is 1. The number of aryl methyl sites for hydroxylation is 1. The van der Waals surface area contributed by atoms with Crippen molar-refractivity contribution in [2.45, 2.75) is 19.3 Å². The normalized spacial score (nSPS) is 14.9. The number of anilines is 1. The summed E-state index contributed by atoms with van der Waals surface area (Å²) in [6.07, 6.45) is 4.00. The molecule has 0 radical (unpaired) electrons. The van der Waals surface area contributed by atoms with Gasteiger partial charge in [0.2, 0.25) is 0 Å². The van der Waals surface area contributed by atoms with Gasteiger partial charge in [0, 0.05) is 25.2 Å². The number of carboxylic acid groups (broad SMARTS) is 1. The standard InChI is InChI=1S/C13H17N5O2/c14-18-11(13(19)20)8-15-7-5-10-4-3-9-2-1-6-16-12(9)17-10/h3-4,8H,1-2,5-7,14H2,(H,16,17)(H,19,20). The molecule has 4 N–H and O–H groups in total. The maximum atomic E-state index is 10.6. The van der Waals surface area contributed by atoms with Gasteiger partial charge in [-0.2, -0.15) is 5.10 Å². The van der Waals surface area contributed by atoms with Crippen molar-refractivity contribution < 1.29 is 9.90 Å². The molecule has 0 fully saturated rings. The molecule has 106 valence electrons. The van der Waals surface area contributed by atoms with E-state index >= 15 is 0 Å². The molecule has 1 aliphatic rings. The van der Waals surface area contributed by atoms with Crippen molar-refractivity contribution >= 4 is 23.7 Å². The second kappa shape index (κ2) is 6.65. The molecule has 0 saturated heterocycles. The molecule has 1 aromatic rings. The van der Waals surface area contributed by atoms with Crippen molar-refractivity contribution in [3.63, 3.8) is 0 Å². The highest BCUT2D eigenvalue weighted by Gasteiger charge is 2.10. The van der Waals surface area contributed by atoms with E-state index in [1.165, 1.54) is 11.8 Å². The molecule has 7 heteroatoms. The highest BCUT2D eigenvalue weighted by molar-refractivity contribution is 6.58. The monoisotopic (exact) mass is 275 g/mol. The van der Waals surface area contributed by atoms with Gasteiger partial charge in [-0.3, -0.25) is 4.99 Å². The van der Waals surface area contributed by atoms with Crippen molar-refractivity contribution in [3.8, 4) is 0 Å². The number of carboxylic acids is 1. The zero-order chi connectivity index (χ0) is 14.4. The summed E-state index contributed by atoms with van der Waals surface area (Å²) in [5.41, 5.74) is 1.91. The van der Waals surface area contributed by atoms with Gasteiger partial charge in [-0.15, -0.1) is 0 Å². The Morgan fingerprint density at radius 2 is 2.40 bits per heavy atom.